The standard InChI is InChI=1S/C14H17N3O2/c1-16(9-3-8-15)13-10-14(18)17(13)11-4-6-12(19-2)7-5-11/h3-9,13,15H,10H2,1-2H3/b9-3-,15-8?. The summed E-state index contributed by atoms with van der Waals surface area (Å²) in [5.74, 6) is 0.871. The monoisotopic (exact) mass is 259 g/mol. The van der Waals surface area contributed by atoms with E-state index in [9.17, 15) is 4.79 Å². The first-order valence-corrected chi connectivity index (χ1v) is 6.02. The van der Waals surface area contributed by atoms with Crippen LogP contribution in [-0.4, -0.2) is 37.3 Å². The molecule has 0 bridgehead atoms. The van der Waals surface area contributed by atoms with Crippen LogP contribution in [0.25, 0.3) is 0 Å². The van der Waals surface area contributed by atoms with Crippen molar-refractivity contribution in [1.82, 2.24) is 4.90 Å². The fourth-order valence-electron chi connectivity index (χ4n) is 2.06. The third-order valence-corrected chi connectivity index (χ3v) is 3.16. The fourth-order valence-corrected chi connectivity index (χ4v) is 2.06. The number of rotatable bonds is 5. The molecule has 1 fully saturated rings. The topological polar surface area (TPSA) is 56.6 Å². The molecule has 1 heterocycles. The van der Waals surface area contributed by atoms with Crippen molar-refractivity contribution >= 4 is 17.8 Å². The van der Waals surface area contributed by atoms with Gasteiger partial charge in [0, 0.05) is 25.1 Å². The summed E-state index contributed by atoms with van der Waals surface area (Å²) in [7, 11) is 3.51. The summed E-state index contributed by atoms with van der Waals surface area (Å²) in [5, 5.41) is 6.98. The summed E-state index contributed by atoms with van der Waals surface area (Å²) in [6.45, 7) is 0. The van der Waals surface area contributed by atoms with Crippen molar-refractivity contribution in [3.63, 3.8) is 0 Å². The first-order valence-electron chi connectivity index (χ1n) is 6.02. The summed E-state index contributed by atoms with van der Waals surface area (Å²) in [5.41, 5.74) is 0.858. The number of anilines is 1. The second kappa shape index (κ2) is 5.56. The highest BCUT2D eigenvalue weighted by molar-refractivity contribution is 6.00. The molecule has 5 heteroatoms. The Kier molecular flexibility index (Phi) is 3.85. The lowest BCUT2D eigenvalue weighted by Gasteiger charge is -2.44. The Morgan fingerprint density at radius 1 is 1.42 bits per heavy atom. The molecule has 0 radical (unpaired) electrons. The molecule has 100 valence electrons. The van der Waals surface area contributed by atoms with Crippen molar-refractivity contribution in [2.75, 3.05) is 19.1 Å². The molecule has 1 aromatic carbocycles. The van der Waals surface area contributed by atoms with E-state index in [2.05, 4.69) is 0 Å². The van der Waals surface area contributed by atoms with Gasteiger partial charge in [0.15, 0.2) is 0 Å². The number of amides is 1. The molecule has 5 nitrogen and oxygen atoms in total. The summed E-state index contributed by atoms with van der Waals surface area (Å²) < 4.78 is 5.10. The van der Waals surface area contributed by atoms with E-state index < -0.39 is 0 Å². The van der Waals surface area contributed by atoms with E-state index in [1.165, 1.54) is 6.21 Å². The molecule has 1 N–H and O–H groups in total. The van der Waals surface area contributed by atoms with Gasteiger partial charge in [-0.25, -0.2) is 0 Å². The summed E-state index contributed by atoms with van der Waals surface area (Å²) in [6, 6.07) is 7.42. The Hall–Kier alpha value is -2.30. The van der Waals surface area contributed by atoms with Crippen molar-refractivity contribution in [2.45, 2.75) is 12.6 Å². The van der Waals surface area contributed by atoms with E-state index in [-0.39, 0.29) is 12.1 Å². The van der Waals surface area contributed by atoms with Crippen LogP contribution < -0.4 is 9.64 Å². The Morgan fingerprint density at radius 2 is 2.11 bits per heavy atom. The Morgan fingerprint density at radius 3 is 2.63 bits per heavy atom. The largest absolute Gasteiger partial charge is 0.497 e. The smallest absolute Gasteiger partial charge is 0.232 e. The molecule has 1 saturated heterocycles. The average Bonchev–Trinajstić information content (AvgIpc) is 2.42. The Labute approximate surface area is 112 Å². The number of ether oxygens (including phenoxy) is 1. The minimum Gasteiger partial charge on any atom is -0.497 e. The van der Waals surface area contributed by atoms with Gasteiger partial charge in [-0.15, -0.1) is 0 Å². The molecule has 2 rings (SSSR count). The number of allylic oxidation sites excluding steroid dienone is 1. The summed E-state index contributed by atoms with van der Waals surface area (Å²) >= 11 is 0. The number of carbonyl (C=O) groups is 1. The van der Waals surface area contributed by atoms with Gasteiger partial charge in [0.1, 0.15) is 11.9 Å². The number of carbonyl (C=O) groups excluding carboxylic acids is 1. The average molecular weight is 259 g/mol. The van der Waals surface area contributed by atoms with Crippen molar-refractivity contribution in [1.29, 1.82) is 5.41 Å². The molecule has 1 unspecified atom stereocenters. The maximum absolute atomic E-state index is 11.8. The van der Waals surface area contributed by atoms with Gasteiger partial charge in [-0.1, -0.05) is 0 Å². The molecule has 0 aliphatic carbocycles. The van der Waals surface area contributed by atoms with Crippen LogP contribution in [0.15, 0.2) is 36.5 Å². The Balaban J connectivity index is 2.14. The van der Waals surface area contributed by atoms with E-state index in [0.29, 0.717) is 6.42 Å². The van der Waals surface area contributed by atoms with Crippen LogP contribution in [0.3, 0.4) is 0 Å². The van der Waals surface area contributed by atoms with Crippen LogP contribution >= 0.6 is 0 Å². The highest BCUT2D eigenvalue weighted by Gasteiger charge is 2.38. The maximum atomic E-state index is 11.8. The number of hydrogen-bond acceptors (Lipinski definition) is 4. The highest BCUT2D eigenvalue weighted by atomic mass is 16.5. The third kappa shape index (κ3) is 2.59. The lowest BCUT2D eigenvalue weighted by molar-refractivity contribution is -0.126. The van der Waals surface area contributed by atoms with Gasteiger partial charge < -0.3 is 15.0 Å². The first kappa shape index (κ1) is 13.1. The number of methoxy groups -OCH3 is 1. The zero-order chi connectivity index (χ0) is 13.8. The normalized spacial score (nSPS) is 18.3. The van der Waals surface area contributed by atoms with Crippen LogP contribution in [-0.2, 0) is 4.79 Å². The van der Waals surface area contributed by atoms with Crippen LogP contribution in [0.4, 0.5) is 5.69 Å². The quantitative estimate of drug-likeness (QED) is 0.648. The van der Waals surface area contributed by atoms with E-state index in [1.807, 2.05) is 36.2 Å². The second-order valence-corrected chi connectivity index (χ2v) is 4.32. The third-order valence-electron chi connectivity index (χ3n) is 3.16. The Bertz CT molecular complexity index is 496. The molecule has 1 amide bonds. The van der Waals surface area contributed by atoms with Crippen molar-refractivity contribution < 1.29 is 9.53 Å². The zero-order valence-electron chi connectivity index (χ0n) is 11.0. The maximum Gasteiger partial charge on any atom is 0.232 e. The minimum absolute atomic E-state index is 0.0112. The van der Waals surface area contributed by atoms with Crippen LogP contribution in [0.2, 0.25) is 0 Å². The van der Waals surface area contributed by atoms with E-state index in [4.69, 9.17) is 10.1 Å². The molecule has 1 atom stereocenters. The van der Waals surface area contributed by atoms with Gasteiger partial charge in [-0.05, 0) is 30.3 Å². The minimum atomic E-state index is 0.0112. The van der Waals surface area contributed by atoms with Crippen LogP contribution in [0.1, 0.15) is 6.42 Å². The zero-order valence-corrected chi connectivity index (χ0v) is 11.0. The number of nitrogens with zero attached hydrogens (tertiary/aromatic N) is 2. The predicted molar refractivity (Wildman–Crippen MR) is 74.6 cm³/mol. The number of nitrogens with one attached hydrogen (secondary N) is 1. The molecule has 0 saturated carbocycles. The van der Waals surface area contributed by atoms with Gasteiger partial charge in [0.25, 0.3) is 0 Å². The number of benzene rings is 1. The molecular weight excluding hydrogens is 242 g/mol. The number of β-lactam (4-membered cyclic amide) rings is 1. The molecule has 1 aromatic rings. The van der Waals surface area contributed by atoms with Crippen LogP contribution in [0.5, 0.6) is 5.75 Å². The van der Waals surface area contributed by atoms with Crippen LogP contribution in [0, 0.1) is 5.41 Å². The van der Waals surface area contributed by atoms with Gasteiger partial charge in [-0.2, -0.15) is 0 Å². The fraction of sp³-hybridized carbons (Fsp3) is 0.286. The summed E-state index contributed by atoms with van der Waals surface area (Å²) in [4.78, 5) is 15.4. The SMILES string of the molecule is COc1ccc(N2C(=O)CC2N(C)/C=C\C=N)cc1. The molecule has 1 aliphatic rings. The van der Waals surface area contributed by atoms with Gasteiger partial charge >= 0.3 is 0 Å². The first-order chi connectivity index (χ1) is 9.17. The predicted octanol–water partition coefficient (Wildman–Crippen LogP) is 1.85. The molecule has 0 aromatic heterocycles. The molecule has 19 heavy (non-hydrogen) atoms. The van der Waals surface area contributed by atoms with Crippen molar-refractivity contribution in [2.24, 2.45) is 0 Å². The lowest BCUT2D eigenvalue weighted by Crippen LogP contribution is -2.59. The van der Waals surface area contributed by atoms with E-state index in [0.717, 1.165) is 11.4 Å². The number of hydrogen-bond donors (Lipinski definition) is 1. The summed E-state index contributed by atoms with van der Waals surface area (Å²) in [6.07, 6.45) is 5.15. The van der Waals surface area contributed by atoms with Gasteiger partial charge in [0.2, 0.25) is 5.91 Å². The molecule has 0 spiro atoms. The lowest BCUT2D eigenvalue weighted by atomic mass is 10.1. The van der Waals surface area contributed by atoms with Crippen molar-refractivity contribution in [3.8, 4) is 5.75 Å². The van der Waals surface area contributed by atoms with Gasteiger partial charge in [-0.3, -0.25) is 9.69 Å². The molecule has 1 aliphatic heterocycles. The highest BCUT2D eigenvalue weighted by Crippen LogP contribution is 2.30. The molecular formula is C14H17N3O2. The van der Waals surface area contributed by atoms with Gasteiger partial charge in [0.05, 0.1) is 13.5 Å². The van der Waals surface area contributed by atoms with E-state index >= 15 is 0 Å². The van der Waals surface area contributed by atoms with E-state index in [1.54, 1.807) is 24.3 Å². The second-order valence-electron chi connectivity index (χ2n) is 4.32. The van der Waals surface area contributed by atoms with Crippen molar-refractivity contribution in [3.05, 3.63) is 36.5 Å².